The number of fused-ring (bicyclic) bond motifs is 1. The fourth-order valence-corrected chi connectivity index (χ4v) is 2.26. The number of aryl methyl sites for hydroxylation is 2. The second-order valence-corrected chi connectivity index (χ2v) is 4.65. The molecule has 0 spiro atoms. The van der Waals surface area contributed by atoms with Gasteiger partial charge in [0.25, 0.3) is 5.78 Å². The quantitative estimate of drug-likeness (QED) is 0.720. The van der Waals surface area contributed by atoms with Crippen molar-refractivity contribution in [1.82, 2.24) is 19.6 Å². The predicted molar refractivity (Wildman–Crippen MR) is 76.7 cm³/mol. The van der Waals surface area contributed by atoms with Crippen molar-refractivity contribution in [2.75, 3.05) is 12.8 Å². The lowest BCUT2D eigenvalue weighted by Crippen LogP contribution is -2.00. The maximum absolute atomic E-state index is 6.05. The van der Waals surface area contributed by atoms with Crippen molar-refractivity contribution < 1.29 is 4.74 Å². The van der Waals surface area contributed by atoms with Gasteiger partial charge in [0.05, 0.1) is 7.11 Å². The highest BCUT2D eigenvalue weighted by Gasteiger charge is 2.14. The van der Waals surface area contributed by atoms with E-state index in [9.17, 15) is 0 Å². The van der Waals surface area contributed by atoms with Crippen LogP contribution in [0.2, 0.25) is 0 Å². The molecule has 6 nitrogen and oxygen atoms in total. The molecule has 0 bridgehead atoms. The molecule has 2 N–H and O–H groups in total. The average molecular weight is 269 g/mol. The molecule has 0 aliphatic rings. The Morgan fingerprint density at radius 2 is 1.95 bits per heavy atom. The van der Waals surface area contributed by atoms with Crippen LogP contribution in [0.1, 0.15) is 11.4 Å². The smallest absolute Gasteiger partial charge is 0.255 e. The molecule has 2 aromatic heterocycles. The second kappa shape index (κ2) is 4.48. The van der Waals surface area contributed by atoms with E-state index >= 15 is 0 Å². The molecule has 0 aliphatic heterocycles. The number of ether oxygens (including phenoxy) is 1. The third kappa shape index (κ3) is 1.85. The van der Waals surface area contributed by atoms with E-state index in [-0.39, 0.29) is 0 Å². The highest BCUT2D eigenvalue weighted by Crippen LogP contribution is 2.29. The molecule has 0 aliphatic carbocycles. The summed E-state index contributed by atoms with van der Waals surface area (Å²) in [5.74, 6) is 1.96. The van der Waals surface area contributed by atoms with Gasteiger partial charge in [-0.1, -0.05) is 0 Å². The lowest BCUT2D eigenvalue weighted by Gasteiger charge is -2.08. The number of methoxy groups -OCH3 is 1. The van der Waals surface area contributed by atoms with Crippen LogP contribution in [0.3, 0.4) is 0 Å². The van der Waals surface area contributed by atoms with Crippen LogP contribution in [0.5, 0.6) is 5.75 Å². The zero-order chi connectivity index (χ0) is 14.3. The van der Waals surface area contributed by atoms with E-state index in [1.807, 2.05) is 36.4 Å². The van der Waals surface area contributed by atoms with Crippen LogP contribution in [0.15, 0.2) is 24.3 Å². The zero-order valence-corrected chi connectivity index (χ0v) is 11.6. The van der Waals surface area contributed by atoms with Crippen molar-refractivity contribution in [1.29, 1.82) is 0 Å². The van der Waals surface area contributed by atoms with Crippen molar-refractivity contribution >= 4 is 11.5 Å². The van der Waals surface area contributed by atoms with Crippen LogP contribution in [-0.2, 0) is 0 Å². The zero-order valence-electron chi connectivity index (χ0n) is 11.6. The van der Waals surface area contributed by atoms with Crippen molar-refractivity contribution in [3.63, 3.8) is 0 Å². The molecule has 0 amide bonds. The van der Waals surface area contributed by atoms with Gasteiger partial charge < -0.3 is 10.5 Å². The number of nitrogen functional groups attached to an aromatic ring is 1. The summed E-state index contributed by atoms with van der Waals surface area (Å²) in [6, 6.07) is 7.45. The molecular weight excluding hydrogens is 254 g/mol. The second-order valence-electron chi connectivity index (χ2n) is 4.65. The molecule has 0 saturated heterocycles. The van der Waals surface area contributed by atoms with E-state index in [4.69, 9.17) is 10.5 Å². The molecule has 102 valence electrons. The Bertz CT molecular complexity index is 794. The first-order chi connectivity index (χ1) is 9.60. The Kier molecular flexibility index (Phi) is 2.78. The van der Waals surface area contributed by atoms with Crippen LogP contribution in [0.25, 0.3) is 17.2 Å². The lowest BCUT2D eigenvalue weighted by molar-refractivity contribution is 0.415. The summed E-state index contributed by atoms with van der Waals surface area (Å²) >= 11 is 0. The summed E-state index contributed by atoms with van der Waals surface area (Å²) in [6.45, 7) is 3.92. The molecule has 0 saturated carbocycles. The van der Waals surface area contributed by atoms with E-state index in [1.54, 1.807) is 13.2 Å². The van der Waals surface area contributed by atoms with E-state index < -0.39 is 0 Å². The van der Waals surface area contributed by atoms with Crippen LogP contribution in [0, 0.1) is 13.8 Å². The van der Waals surface area contributed by atoms with Gasteiger partial charge in [0, 0.05) is 22.6 Å². The van der Waals surface area contributed by atoms with E-state index in [0.29, 0.717) is 17.3 Å². The summed E-state index contributed by atoms with van der Waals surface area (Å²) in [5, 5.41) is 8.34. The summed E-state index contributed by atoms with van der Waals surface area (Å²) in [7, 11) is 1.62. The van der Waals surface area contributed by atoms with Gasteiger partial charge in [-0.3, -0.25) is 4.40 Å². The van der Waals surface area contributed by atoms with Crippen molar-refractivity contribution in [2.45, 2.75) is 13.8 Å². The Morgan fingerprint density at radius 3 is 2.70 bits per heavy atom. The average Bonchev–Trinajstić information content (AvgIpc) is 2.83. The van der Waals surface area contributed by atoms with Gasteiger partial charge >= 0.3 is 0 Å². The van der Waals surface area contributed by atoms with E-state index in [2.05, 4.69) is 15.2 Å². The van der Waals surface area contributed by atoms with Crippen molar-refractivity contribution in [3.05, 3.63) is 35.7 Å². The molecule has 1 aromatic carbocycles. The van der Waals surface area contributed by atoms with Crippen LogP contribution in [0.4, 0.5) is 5.69 Å². The number of nitrogens with two attached hydrogens (primary N) is 1. The molecule has 3 rings (SSSR count). The highest BCUT2D eigenvalue weighted by molar-refractivity contribution is 5.74. The van der Waals surface area contributed by atoms with Crippen LogP contribution < -0.4 is 10.5 Å². The number of anilines is 1. The molecule has 0 unspecified atom stereocenters. The third-order valence-electron chi connectivity index (χ3n) is 3.19. The van der Waals surface area contributed by atoms with E-state index in [1.165, 1.54) is 0 Å². The largest absolute Gasteiger partial charge is 0.497 e. The maximum Gasteiger partial charge on any atom is 0.255 e. The number of aromatic nitrogens is 4. The summed E-state index contributed by atoms with van der Waals surface area (Å²) in [4.78, 5) is 4.37. The highest BCUT2D eigenvalue weighted by atomic mass is 16.5. The Balaban J connectivity index is 2.30. The molecule has 0 radical (unpaired) electrons. The fourth-order valence-electron chi connectivity index (χ4n) is 2.26. The van der Waals surface area contributed by atoms with Gasteiger partial charge in [-0.25, -0.2) is 4.98 Å². The molecular formula is C14H15N5O. The molecule has 0 atom stereocenters. The number of hydrogen-bond acceptors (Lipinski definition) is 5. The van der Waals surface area contributed by atoms with Gasteiger partial charge in [0.1, 0.15) is 5.75 Å². The minimum absolute atomic E-state index is 0.569. The normalized spacial score (nSPS) is 10.9. The maximum atomic E-state index is 6.05. The van der Waals surface area contributed by atoms with E-state index in [0.717, 1.165) is 22.7 Å². The number of nitrogens with zero attached hydrogens (tertiary/aromatic N) is 4. The SMILES string of the molecule is COc1ccc(N)c(-c2nnc3nc(C)cc(C)n23)c1. The lowest BCUT2D eigenvalue weighted by atomic mass is 10.1. The van der Waals surface area contributed by atoms with Gasteiger partial charge in [0.2, 0.25) is 0 Å². The standard InChI is InChI=1S/C14H15N5O/c1-8-6-9(2)19-13(17-18-14(19)16-8)11-7-10(20-3)4-5-12(11)15/h4-7H,15H2,1-3H3. The van der Waals surface area contributed by atoms with Crippen molar-refractivity contribution in [3.8, 4) is 17.1 Å². The predicted octanol–water partition coefficient (Wildman–Crippen LogP) is 2.00. The Labute approximate surface area is 116 Å². The van der Waals surface area contributed by atoms with Crippen LogP contribution in [-0.4, -0.2) is 26.7 Å². The summed E-state index contributed by atoms with van der Waals surface area (Å²) in [6.07, 6.45) is 0. The first-order valence-electron chi connectivity index (χ1n) is 6.23. The van der Waals surface area contributed by atoms with Crippen molar-refractivity contribution in [2.24, 2.45) is 0 Å². The minimum Gasteiger partial charge on any atom is -0.497 e. The van der Waals surface area contributed by atoms with Gasteiger partial charge in [-0.05, 0) is 38.1 Å². The van der Waals surface area contributed by atoms with Crippen LogP contribution >= 0.6 is 0 Å². The minimum atomic E-state index is 0.569. The topological polar surface area (TPSA) is 78.3 Å². The molecule has 0 fully saturated rings. The molecule has 2 heterocycles. The Hall–Kier alpha value is -2.63. The number of rotatable bonds is 2. The molecule has 3 aromatic rings. The van der Waals surface area contributed by atoms with Gasteiger partial charge in [0.15, 0.2) is 5.82 Å². The third-order valence-corrected chi connectivity index (χ3v) is 3.19. The first-order valence-corrected chi connectivity index (χ1v) is 6.23. The number of benzene rings is 1. The van der Waals surface area contributed by atoms with Gasteiger partial charge in [-0.2, -0.15) is 0 Å². The molecule has 6 heteroatoms. The first kappa shape index (κ1) is 12.4. The fraction of sp³-hybridized carbons (Fsp3) is 0.214. The van der Waals surface area contributed by atoms with Gasteiger partial charge in [-0.15, -0.1) is 10.2 Å². The monoisotopic (exact) mass is 269 g/mol. The molecule has 20 heavy (non-hydrogen) atoms. The summed E-state index contributed by atoms with van der Waals surface area (Å²) in [5.41, 5.74) is 9.38. The Morgan fingerprint density at radius 1 is 1.15 bits per heavy atom. The summed E-state index contributed by atoms with van der Waals surface area (Å²) < 4.78 is 7.13. The number of hydrogen-bond donors (Lipinski definition) is 1.